The molecule has 3 aromatic carbocycles. The van der Waals surface area contributed by atoms with Crippen LogP contribution >= 0.6 is 0 Å². The highest BCUT2D eigenvalue weighted by Crippen LogP contribution is 2.45. The van der Waals surface area contributed by atoms with Gasteiger partial charge in [-0.05, 0) is 42.3 Å². The second kappa shape index (κ2) is 6.72. The first-order valence-electron chi connectivity index (χ1n) is 8.70. The van der Waals surface area contributed by atoms with Gasteiger partial charge in [0.2, 0.25) is 0 Å². The van der Waals surface area contributed by atoms with Crippen molar-refractivity contribution in [1.29, 1.82) is 0 Å². The molecule has 3 aromatic rings. The van der Waals surface area contributed by atoms with Gasteiger partial charge in [0.15, 0.2) is 5.76 Å². The van der Waals surface area contributed by atoms with Crippen LogP contribution < -0.4 is 4.90 Å². The zero-order valence-electron chi connectivity index (χ0n) is 14.8. The highest BCUT2D eigenvalue weighted by molar-refractivity contribution is 6.15. The summed E-state index contributed by atoms with van der Waals surface area (Å²) in [5.74, 6) is -1.15. The number of carbonyl (C=O) groups is 1. The van der Waals surface area contributed by atoms with Gasteiger partial charge in [0.25, 0.3) is 5.91 Å². The van der Waals surface area contributed by atoms with Gasteiger partial charge in [0.1, 0.15) is 5.82 Å². The number of anilines is 1. The third-order valence-corrected chi connectivity index (χ3v) is 4.79. The molecule has 1 aliphatic rings. The molecule has 0 aromatic heterocycles. The second-order valence-corrected chi connectivity index (χ2v) is 6.59. The van der Waals surface area contributed by atoms with Crippen LogP contribution in [0.25, 0.3) is 5.57 Å². The smallest absolute Gasteiger partial charge is 0.294 e. The van der Waals surface area contributed by atoms with E-state index in [1.54, 1.807) is 12.1 Å². The molecule has 0 radical (unpaired) electrons. The van der Waals surface area contributed by atoms with E-state index in [-0.39, 0.29) is 11.6 Å². The van der Waals surface area contributed by atoms with Gasteiger partial charge in [0, 0.05) is 11.3 Å². The number of aliphatic hydroxyl groups is 1. The minimum absolute atomic E-state index is 0.281. The Labute approximate surface area is 157 Å². The van der Waals surface area contributed by atoms with Crippen LogP contribution in [0.1, 0.15) is 22.7 Å². The Hall–Kier alpha value is -3.40. The molecule has 0 spiro atoms. The van der Waals surface area contributed by atoms with E-state index in [9.17, 15) is 14.3 Å². The van der Waals surface area contributed by atoms with Crippen molar-refractivity contribution in [3.05, 3.63) is 107 Å². The minimum atomic E-state index is -0.494. The van der Waals surface area contributed by atoms with Crippen LogP contribution in [0.15, 0.2) is 84.6 Å². The number of benzene rings is 3. The number of rotatable bonds is 3. The first-order valence-corrected chi connectivity index (χ1v) is 8.70. The van der Waals surface area contributed by atoms with Gasteiger partial charge in [-0.15, -0.1) is 0 Å². The number of amides is 1. The van der Waals surface area contributed by atoms with E-state index in [1.807, 2.05) is 61.5 Å². The average Bonchev–Trinajstić information content (AvgIpc) is 2.95. The summed E-state index contributed by atoms with van der Waals surface area (Å²) in [6, 6.07) is 22.4. The quantitative estimate of drug-likeness (QED) is 0.699. The molecule has 1 heterocycles. The van der Waals surface area contributed by atoms with Gasteiger partial charge in [-0.1, -0.05) is 60.2 Å². The molecule has 1 amide bonds. The van der Waals surface area contributed by atoms with Crippen molar-refractivity contribution >= 4 is 17.2 Å². The summed E-state index contributed by atoms with van der Waals surface area (Å²) in [7, 11) is 0. The molecular weight excluding hydrogens is 341 g/mol. The SMILES string of the molecule is Cc1ccc(C2=C(O)C(=O)N(c3ccc(F)cc3)C2c2ccccc2)cc1. The van der Waals surface area contributed by atoms with Crippen molar-refractivity contribution in [2.75, 3.05) is 4.90 Å². The molecule has 1 atom stereocenters. The van der Waals surface area contributed by atoms with Crippen LogP contribution in [0.5, 0.6) is 0 Å². The van der Waals surface area contributed by atoms with E-state index in [2.05, 4.69) is 0 Å². The van der Waals surface area contributed by atoms with Gasteiger partial charge in [0.05, 0.1) is 6.04 Å². The number of halogens is 1. The zero-order valence-corrected chi connectivity index (χ0v) is 14.8. The molecule has 0 bridgehead atoms. The molecule has 4 rings (SSSR count). The molecule has 0 saturated carbocycles. The lowest BCUT2D eigenvalue weighted by molar-refractivity contribution is -0.117. The third-order valence-electron chi connectivity index (χ3n) is 4.79. The van der Waals surface area contributed by atoms with Gasteiger partial charge < -0.3 is 5.11 Å². The van der Waals surface area contributed by atoms with Crippen molar-refractivity contribution in [1.82, 2.24) is 0 Å². The summed E-state index contributed by atoms with van der Waals surface area (Å²) in [4.78, 5) is 14.5. The summed E-state index contributed by atoms with van der Waals surface area (Å²) in [6.07, 6.45) is 0. The molecule has 4 heteroatoms. The van der Waals surface area contributed by atoms with Crippen molar-refractivity contribution in [3.8, 4) is 0 Å². The van der Waals surface area contributed by atoms with E-state index in [4.69, 9.17) is 0 Å². The molecule has 1 N–H and O–H groups in total. The number of hydrogen-bond donors (Lipinski definition) is 1. The molecule has 3 nitrogen and oxygen atoms in total. The summed E-state index contributed by atoms with van der Waals surface area (Å²) in [6.45, 7) is 1.98. The number of nitrogens with zero attached hydrogens (tertiary/aromatic N) is 1. The average molecular weight is 359 g/mol. The van der Waals surface area contributed by atoms with Crippen LogP contribution in [0.2, 0.25) is 0 Å². The Morgan fingerprint density at radius 3 is 2.15 bits per heavy atom. The maximum absolute atomic E-state index is 13.4. The van der Waals surface area contributed by atoms with Crippen molar-refractivity contribution in [2.24, 2.45) is 0 Å². The Morgan fingerprint density at radius 2 is 1.52 bits per heavy atom. The first kappa shape index (κ1) is 17.0. The van der Waals surface area contributed by atoms with Crippen LogP contribution in [-0.4, -0.2) is 11.0 Å². The second-order valence-electron chi connectivity index (χ2n) is 6.59. The topological polar surface area (TPSA) is 40.5 Å². The Morgan fingerprint density at radius 1 is 0.889 bits per heavy atom. The third kappa shape index (κ3) is 2.99. The lowest BCUT2D eigenvalue weighted by Crippen LogP contribution is -2.30. The lowest BCUT2D eigenvalue weighted by Gasteiger charge is -2.27. The van der Waals surface area contributed by atoms with E-state index in [1.165, 1.54) is 17.0 Å². The molecule has 134 valence electrons. The monoisotopic (exact) mass is 359 g/mol. The largest absolute Gasteiger partial charge is 0.503 e. The van der Waals surface area contributed by atoms with Crippen LogP contribution in [0.4, 0.5) is 10.1 Å². The van der Waals surface area contributed by atoms with Crippen LogP contribution in [-0.2, 0) is 4.79 Å². The van der Waals surface area contributed by atoms with Crippen LogP contribution in [0, 0.1) is 12.7 Å². The van der Waals surface area contributed by atoms with E-state index in [0.29, 0.717) is 11.3 Å². The Kier molecular flexibility index (Phi) is 4.24. The number of aryl methyl sites for hydroxylation is 1. The number of aliphatic hydroxyl groups excluding tert-OH is 1. The predicted octanol–water partition coefficient (Wildman–Crippen LogP) is 5.19. The maximum Gasteiger partial charge on any atom is 0.294 e. The fourth-order valence-electron chi connectivity index (χ4n) is 3.45. The van der Waals surface area contributed by atoms with Gasteiger partial charge in [-0.2, -0.15) is 0 Å². The highest BCUT2D eigenvalue weighted by atomic mass is 19.1. The lowest BCUT2D eigenvalue weighted by atomic mass is 9.93. The summed E-state index contributed by atoms with van der Waals surface area (Å²) < 4.78 is 13.4. The summed E-state index contributed by atoms with van der Waals surface area (Å²) >= 11 is 0. The van der Waals surface area contributed by atoms with Gasteiger partial charge in [-0.3, -0.25) is 9.69 Å². The predicted molar refractivity (Wildman–Crippen MR) is 104 cm³/mol. The standard InChI is InChI=1S/C23H18FNO2/c1-15-7-9-16(10-8-15)20-21(17-5-3-2-4-6-17)25(23(27)22(20)26)19-13-11-18(24)12-14-19/h2-14,21,26H,1H3. The molecule has 1 unspecified atom stereocenters. The van der Waals surface area contributed by atoms with Crippen molar-refractivity contribution in [2.45, 2.75) is 13.0 Å². The van der Waals surface area contributed by atoms with Crippen LogP contribution in [0.3, 0.4) is 0 Å². The van der Waals surface area contributed by atoms with Crippen molar-refractivity contribution in [3.63, 3.8) is 0 Å². The fourth-order valence-corrected chi connectivity index (χ4v) is 3.45. The Bertz CT molecular complexity index is 1010. The van der Waals surface area contributed by atoms with Gasteiger partial charge in [-0.25, -0.2) is 4.39 Å². The van der Waals surface area contributed by atoms with E-state index >= 15 is 0 Å². The summed E-state index contributed by atoms with van der Waals surface area (Å²) in [5, 5.41) is 10.7. The summed E-state index contributed by atoms with van der Waals surface area (Å²) in [5.41, 5.74) is 3.83. The zero-order chi connectivity index (χ0) is 19.0. The molecule has 0 aliphatic carbocycles. The Balaban J connectivity index is 1.89. The maximum atomic E-state index is 13.4. The number of hydrogen-bond acceptors (Lipinski definition) is 2. The molecular formula is C23H18FNO2. The normalized spacial score (nSPS) is 16.9. The molecule has 0 saturated heterocycles. The van der Waals surface area contributed by atoms with E-state index < -0.39 is 11.9 Å². The minimum Gasteiger partial charge on any atom is -0.503 e. The van der Waals surface area contributed by atoms with Gasteiger partial charge >= 0.3 is 0 Å². The number of carbonyl (C=O) groups excluding carboxylic acids is 1. The highest BCUT2D eigenvalue weighted by Gasteiger charge is 2.41. The molecule has 1 aliphatic heterocycles. The first-order chi connectivity index (χ1) is 13.1. The fraction of sp³-hybridized carbons (Fsp3) is 0.0870. The molecule has 27 heavy (non-hydrogen) atoms. The molecule has 0 fully saturated rings. The van der Waals surface area contributed by atoms with E-state index in [0.717, 1.165) is 16.7 Å². The van der Waals surface area contributed by atoms with Crippen molar-refractivity contribution < 1.29 is 14.3 Å².